The zero-order valence-electron chi connectivity index (χ0n) is 17.0. The number of nitrogen functional groups attached to an aromatic ring is 1. The number of hydrogen-bond donors (Lipinski definition) is 2. The number of allylic oxidation sites excluding steroid dienone is 4. The summed E-state index contributed by atoms with van der Waals surface area (Å²) in [5, 5.41) is 0.505. The van der Waals surface area contributed by atoms with Gasteiger partial charge in [0, 0.05) is 28.2 Å². The van der Waals surface area contributed by atoms with Crippen molar-refractivity contribution in [1.82, 2.24) is 0 Å². The number of nitrogens with two attached hydrogens (primary N) is 2. The Morgan fingerprint density at radius 1 is 1.17 bits per heavy atom. The topological polar surface area (TPSA) is 82.2 Å². The molecule has 2 aromatic carbocycles. The highest BCUT2D eigenvalue weighted by atomic mass is 79.9. The quantitative estimate of drug-likeness (QED) is 0.368. The number of hydrogen-bond acceptors (Lipinski definition) is 4. The highest BCUT2D eigenvalue weighted by molar-refractivity contribution is 9.10. The van der Waals surface area contributed by atoms with Crippen molar-refractivity contribution in [2.24, 2.45) is 5.73 Å². The molecule has 0 bridgehead atoms. The van der Waals surface area contributed by atoms with E-state index < -0.39 is 0 Å². The lowest BCUT2D eigenvalue weighted by atomic mass is 9.72. The van der Waals surface area contributed by atoms with E-state index in [1.54, 1.807) is 12.1 Å². The second kappa shape index (κ2) is 8.25. The molecule has 3 aromatic rings. The standard InChI is InChI=1S/C25H25BrN2O2/c1-2-3-4-5-7-21-23(16-8-10-17(11-9-16)25(28)12-6-13-25)24(29)18-14-19(26)20(27)15-22(18)30-21/h2-5,8-11,14-15H,6-7,12-13,27-28H2,1H3. The van der Waals surface area contributed by atoms with Gasteiger partial charge in [0.15, 0.2) is 0 Å². The van der Waals surface area contributed by atoms with Gasteiger partial charge in [0.1, 0.15) is 11.3 Å². The van der Waals surface area contributed by atoms with Gasteiger partial charge in [0.05, 0.1) is 10.9 Å². The summed E-state index contributed by atoms with van der Waals surface area (Å²) in [6.07, 6.45) is 11.5. The Kier molecular flexibility index (Phi) is 5.67. The first-order chi connectivity index (χ1) is 14.4. The Morgan fingerprint density at radius 3 is 2.53 bits per heavy atom. The van der Waals surface area contributed by atoms with Gasteiger partial charge in [-0.3, -0.25) is 4.79 Å². The lowest BCUT2D eigenvalue weighted by Crippen LogP contribution is -2.43. The molecule has 0 unspecified atom stereocenters. The van der Waals surface area contributed by atoms with Crippen LogP contribution in [-0.2, 0) is 12.0 Å². The van der Waals surface area contributed by atoms with Crippen LogP contribution in [0, 0.1) is 0 Å². The lowest BCUT2D eigenvalue weighted by molar-refractivity contribution is 0.253. The number of rotatable bonds is 5. The summed E-state index contributed by atoms with van der Waals surface area (Å²) >= 11 is 3.42. The molecule has 4 nitrogen and oxygen atoms in total. The first-order valence-corrected chi connectivity index (χ1v) is 10.9. The summed E-state index contributed by atoms with van der Waals surface area (Å²) in [5.41, 5.74) is 15.7. The van der Waals surface area contributed by atoms with E-state index in [-0.39, 0.29) is 11.0 Å². The molecule has 0 saturated heterocycles. The molecule has 1 saturated carbocycles. The maximum atomic E-state index is 13.5. The summed E-state index contributed by atoms with van der Waals surface area (Å²) in [4.78, 5) is 13.5. The van der Waals surface area contributed by atoms with E-state index in [4.69, 9.17) is 15.9 Å². The molecular weight excluding hydrogens is 440 g/mol. The molecule has 1 heterocycles. The fraction of sp³-hybridized carbons (Fsp3) is 0.240. The van der Waals surface area contributed by atoms with E-state index in [1.165, 1.54) is 0 Å². The van der Waals surface area contributed by atoms with Gasteiger partial charge < -0.3 is 15.9 Å². The fourth-order valence-electron chi connectivity index (χ4n) is 3.89. The van der Waals surface area contributed by atoms with Gasteiger partial charge in [-0.05, 0) is 59.3 Å². The molecule has 30 heavy (non-hydrogen) atoms. The van der Waals surface area contributed by atoms with Crippen LogP contribution in [0.15, 0.2) is 74.4 Å². The third-order valence-electron chi connectivity index (χ3n) is 5.82. The molecule has 0 radical (unpaired) electrons. The van der Waals surface area contributed by atoms with Crippen LogP contribution in [0.3, 0.4) is 0 Å². The van der Waals surface area contributed by atoms with Crippen LogP contribution < -0.4 is 16.9 Å². The zero-order valence-corrected chi connectivity index (χ0v) is 18.5. The van der Waals surface area contributed by atoms with Crippen LogP contribution >= 0.6 is 15.9 Å². The van der Waals surface area contributed by atoms with Crippen molar-refractivity contribution in [3.8, 4) is 11.1 Å². The van der Waals surface area contributed by atoms with Crippen LogP contribution in [0.5, 0.6) is 0 Å². The van der Waals surface area contributed by atoms with E-state index >= 15 is 0 Å². The van der Waals surface area contributed by atoms with Gasteiger partial charge in [-0.25, -0.2) is 0 Å². The van der Waals surface area contributed by atoms with Crippen LogP contribution in [0.2, 0.25) is 0 Å². The second-order valence-electron chi connectivity index (χ2n) is 7.84. The van der Waals surface area contributed by atoms with Gasteiger partial charge >= 0.3 is 0 Å². The van der Waals surface area contributed by atoms with E-state index in [9.17, 15) is 4.79 Å². The second-order valence-corrected chi connectivity index (χ2v) is 8.70. The minimum Gasteiger partial charge on any atom is -0.460 e. The molecule has 0 atom stereocenters. The van der Waals surface area contributed by atoms with Crippen molar-refractivity contribution in [3.05, 3.63) is 86.7 Å². The average molecular weight is 465 g/mol. The smallest absolute Gasteiger partial charge is 0.200 e. The van der Waals surface area contributed by atoms with Crippen molar-refractivity contribution in [3.63, 3.8) is 0 Å². The first-order valence-electron chi connectivity index (χ1n) is 10.2. The summed E-state index contributed by atoms with van der Waals surface area (Å²) in [7, 11) is 0. The fourth-order valence-corrected chi connectivity index (χ4v) is 4.24. The predicted molar refractivity (Wildman–Crippen MR) is 127 cm³/mol. The molecule has 1 aliphatic rings. The maximum Gasteiger partial charge on any atom is 0.200 e. The average Bonchev–Trinajstić information content (AvgIpc) is 2.71. The molecule has 1 aromatic heterocycles. The molecule has 1 aliphatic carbocycles. The number of benzene rings is 2. The van der Waals surface area contributed by atoms with Gasteiger partial charge in [0.25, 0.3) is 0 Å². The molecule has 154 valence electrons. The molecule has 5 heteroatoms. The number of fused-ring (bicyclic) bond motifs is 1. The van der Waals surface area contributed by atoms with Crippen LogP contribution in [-0.4, -0.2) is 0 Å². The van der Waals surface area contributed by atoms with Crippen molar-refractivity contribution in [2.45, 2.75) is 38.1 Å². The minimum absolute atomic E-state index is 0.0646. The van der Waals surface area contributed by atoms with Crippen molar-refractivity contribution >= 4 is 32.6 Å². The molecule has 4 rings (SSSR count). The predicted octanol–water partition coefficient (Wildman–Crippen LogP) is 5.82. The van der Waals surface area contributed by atoms with Crippen LogP contribution in [0.1, 0.15) is 37.5 Å². The normalized spacial score (nSPS) is 15.8. The van der Waals surface area contributed by atoms with E-state index in [1.807, 2.05) is 55.5 Å². The van der Waals surface area contributed by atoms with E-state index in [0.717, 1.165) is 30.4 Å². The zero-order chi connectivity index (χ0) is 21.3. The molecule has 0 aliphatic heterocycles. The highest BCUT2D eigenvalue weighted by Crippen LogP contribution is 2.39. The Bertz CT molecular complexity index is 1200. The van der Waals surface area contributed by atoms with Crippen LogP contribution in [0.25, 0.3) is 22.1 Å². The monoisotopic (exact) mass is 464 g/mol. The van der Waals surface area contributed by atoms with Gasteiger partial charge in [-0.1, -0.05) is 48.6 Å². The summed E-state index contributed by atoms with van der Waals surface area (Å²) < 4.78 is 6.85. The lowest BCUT2D eigenvalue weighted by Gasteiger charge is -2.38. The van der Waals surface area contributed by atoms with Crippen molar-refractivity contribution < 1.29 is 4.42 Å². The van der Waals surface area contributed by atoms with Crippen molar-refractivity contribution in [1.29, 1.82) is 0 Å². The number of halogens is 1. The Morgan fingerprint density at radius 2 is 1.90 bits per heavy atom. The summed E-state index contributed by atoms with van der Waals surface area (Å²) in [6, 6.07) is 11.5. The maximum absolute atomic E-state index is 13.5. The van der Waals surface area contributed by atoms with Gasteiger partial charge in [-0.2, -0.15) is 0 Å². The van der Waals surface area contributed by atoms with Crippen molar-refractivity contribution in [2.75, 3.05) is 5.73 Å². The molecule has 0 spiro atoms. The third kappa shape index (κ3) is 3.75. The third-order valence-corrected chi connectivity index (χ3v) is 6.51. The van der Waals surface area contributed by atoms with Gasteiger partial charge in [-0.15, -0.1) is 0 Å². The number of anilines is 1. The van der Waals surface area contributed by atoms with E-state index in [2.05, 4.69) is 15.9 Å². The molecular formula is C25H25BrN2O2. The Balaban J connectivity index is 1.86. The van der Waals surface area contributed by atoms with E-state index in [0.29, 0.717) is 38.9 Å². The van der Waals surface area contributed by atoms with Crippen LogP contribution in [0.4, 0.5) is 5.69 Å². The highest BCUT2D eigenvalue weighted by Gasteiger charge is 2.34. The molecule has 0 amide bonds. The summed E-state index contributed by atoms with van der Waals surface area (Å²) in [6.45, 7) is 1.96. The largest absolute Gasteiger partial charge is 0.460 e. The molecule has 1 fully saturated rings. The minimum atomic E-state index is -0.229. The van der Waals surface area contributed by atoms with Gasteiger partial charge in [0.2, 0.25) is 5.43 Å². The molecule has 4 N–H and O–H groups in total. The Hall–Kier alpha value is -2.63. The summed E-state index contributed by atoms with van der Waals surface area (Å²) in [5.74, 6) is 0.619. The SMILES string of the molecule is CC=CC=CCc1oc2cc(N)c(Br)cc2c(=O)c1-c1ccc(C2(N)CCC2)cc1. The first kappa shape index (κ1) is 20.6. The Labute approximate surface area is 184 Å².